The Bertz CT molecular complexity index is 121. The zero-order valence-electron chi connectivity index (χ0n) is 9.47. The van der Waals surface area contributed by atoms with Crippen molar-refractivity contribution < 1.29 is 9.84 Å². The van der Waals surface area contributed by atoms with Gasteiger partial charge in [-0.3, -0.25) is 0 Å². The average molecular weight is 188 g/mol. The van der Waals surface area contributed by atoms with Crippen molar-refractivity contribution in [1.82, 2.24) is 0 Å². The first kappa shape index (κ1) is 12.9. The number of hydrogen-bond acceptors (Lipinski definition) is 2. The molecule has 0 fully saturated rings. The molecule has 0 aromatic rings. The van der Waals surface area contributed by atoms with Crippen molar-refractivity contribution in [3.8, 4) is 0 Å². The number of aliphatic hydroxyl groups excluding tert-OH is 1. The molecule has 2 nitrogen and oxygen atoms in total. The van der Waals surface area contributed by atoms with Gasteiger partial charge in [0.1, 0.15) is 0 Å². The molecule has 0 aromatic heterocycles. The van der Waals surface area contributed by atoms with Crippen LogP contribution >= 0.6 is 0 Å². The normalized spacial score (nSPS) is 14.5. The van der Waals surface area contributed by atoms with E-state index in [4.69, 9.17) is 4.74 Å². The van der Waals surface area contributed by atoms with Gasteiger partial charge in [0.2, 0.25) is 0 Å². The summed E-state index contributed by atoms with van der Waals surface area (Å²) in [6.07, 6.45) is 4.99. The molecule has 80 valence electrons. The van der Waals surface area contributed by atoms with E-state index >= 15 is 0 Å². The van der Waals surface area contributed by atoms with Gasteiger partial charge in [0, 0.05) is 7.11 Å². The molecule has 0 aromatic carbocycles. The number of aliphatic hydroxyl groups is 1. The molecule has 0 spiro atoms. The zero-order valence-corrected chi connectivity index (χ0v) is 9.47. The smallest absolute Gasteiger partial charge is 0.0622 e. The van der Waals surface area contributed by atoms with Crippen LogP contribution in [0.25, 0.3) is 0 Å². The minimum absolute atomic E-state index is 0.00281. The summed E-state index contributed by atoms with van der Waals surface area (Å²) in [4.78, 5) is 0. The summed E-state index contributed by atoms with van der Waals surface area (Å²) in [5, 5.41) is 9.31. The largest absolute Gasteiger partial charge is 0.393 e. The average Bonchev–Trinajstić information content (AvgIpc) is 2.12. The molecule has 0 rings (SSSR count). The molecule has 0 aliphatic carbocycles. The van der Waals surface area contributed by atoms with E-state index in [0.29, 0.717) is 0 Å². The summed E-state index contributed by atoms with van der Waals surface area (Å²) in [5.74, 6) is 0. The van der Waals surface area contributed by atoms with Crippen molar-refractivity contribution in [2.75, 3.05) is 7.11 Å². The van der Waals surface area contributed by atoms with E-state index in [0.717, 1.165) is 32.1 Å². The molecule has 0 radical (unpaired) electrons. The lowest BCUT2D eigenvalue weighted by atomic mass is 9.99. The molecule has 1 unspecified atom stereocenters. The first-order valence-electron chi connectivity index (χ1n) is 5.25. The van der Waals surface area contributed by atoms with Gasteiger partial charge in [-0.05, 0) is 33.1 Å². The number of unbranched alkanes of at least 4 members (excludes halogenated alkanes) is 1. The van der Waals surface area contributed by atoms with Crippen LogP contribution in [0.15, 0.2) is 0 Å². The van der Waals surface area contributed by atoms with Crippen molar-refractivity contribution in [3.05, 3.63) is 0 Å². The number of methoxy groups -OCH3 is 1. The van der Waals surface area contributed by atoms with Crippen molar-refractivity contribution in [1.29, 1.82) is 0 Å². The van der Waals surface area contributed by atoms with E-state index in [1.165, 1.54) is 0 Å². The van der Waals surface area contributed by atoms with Crippen LogP contribution in [0.1, 0.15) is 52.9 Å². The van der Waals surface area contributed by atoms with Gasteiger partial charge in [0.15, 0.2) is 0 Å². The summed E-state index contributed by atoms with van der Waals surface area (Å²) in [6.45, 7) is 6.22. The van der Waals surface area contributed by atoms with Gasteiger partial charge in [-0.1, -0.05) is 19.8 Å². The predicted octanol–water partition coefficient (Wildman–Crippen LogP) is 2.74. The summed E-state index contributed by atoms with van der Waals surface area (Å²) in [5.41, 5.74) is -0.00281. The van der Waals surface area contributed by atoms with Crippen LogP contribution in [-0.4, -0.2) is 23.9 Å². The maximum absolute atomic E-state index is 9.31. The standard InChI is InChI=1S/C11H24O2/c1-5-10(12)8-6-7-9-11(2,3)13-4/h10,12H,5-9H2,1-4H3. The fourth-order valence-electron chi connectivity index (χ4n) is 1.24. The Balaban J connectivity index is 3.35. The minimum atomic E-state index is -0.106. The van der Waals surface area contributed by atoms with Gasteiger partial charge in [-0.25, -0.2) is 0 Å². The minimum Gasteiger partial charge on any atom is -0.393 e. The predicted molar refractivity (Wildman–Crippen MR) is 55.9 cm³/mol. The van der Waals surface area contributed by atoms with Crippen molar-refractivity contribution in [2.45, 2.75) is 64.6 Å². The molecule has 0 aliphatic rings. The van der Waals surface area contributed by atoms with Crippen LogP contribution in [0.2, 0.25) is 0 Å². The van der Waals surface area contributed by atoms with E-state index in [1.54, 1.807) is 7.11 Å². The van der Waals surface area contributed by atoms with E-state index in [2.05, 4.69) is 13.8 Å². The number of hydrogen-bond donors (Lipinski definition) is 1. The van der Waals surface area contributed by atoms with Crippen LogP contribution < -0.4 is 0 Å². The van der Waals surface area contributed by atoms with E-state index < -0.39 is 0 Å². The highest BCUT2D eigenvalue weighted by Gasteiger charge is 2.15. The van der Waals surface area contributed by atoms with Crippen molar-refractivity contribution >= 4 is 0 Å². The maximum Gasteiger partial charge on any atom is 0.0622 e. The fourth-order valence-corrected chi connectivity index (χ4v) is 1.24. The monoisotopic (exact) mass is 188 g/mol. The molecule has 0 saturated heterocycles. The molecule has 0 bridgehead atoms. The Hall–Kier alpha value is -0.0800. The van der Waals surface area contributed by atoms with Crippen LogP contribution in [0.3, 0.4) is 0 Å². The topological polar surface area (TPSA) is 29.5 Å². The lowest BCUT2D eigenvalue weighted by Crippen LogP contribution is -2.22. The summed E-state index contributed by atoms with van der Waals surface area (Å²) >= 11 is 0. The van der Waals surface area contributed by atoms with Crippen molar-refractivity contribution in [2.24, 2.45) is 0 Å². The van der Waals surface area contributed by atoms with E-state index in [9.17, 15) is 5.11 Å². The van der Waals surface area contributed by atoms with Crippen LogP contribution in [0.4, 0.5) is 0 Å². The Morgan fingerprint density at radius 1 is 1.31 bits per heavy atom. The third kappa shape index (κ3) is 7.03. The molecule has 0 amide bonds. The lowest BCUT2D eigenvalue weighted by Gasteiger charge is -2.22. The molecular formula is C11H24O2. The second kappa shape index (κ2) is 6.39. The Morgan fingerprint density at radius 3 is 2.38 bits per heavy atom. The summed E-state index contributed by atoms with van der Waals surface area (Å²) in [7, 11) is 1.75. The molecule has 1 N–H and O–H groups in total. The first-order chi connectivity index (χ1) is 6.02. The lowest BCUT2D eigenvalue weighted by molar-refractivity contribution is 0.0126. The molecule has 0 heterocycles. The van der Waals surface area contributed by atoms with Gasteiger partial charge < -0.3 is 9.84 Å². The molecule has 13 heavy (non-hydrogen) atoms. The van der Waals surface area contributed by atoms with Gasteiger partial charge >= 0.3 is 0 Å². The maximum atomic E-state index is 9.31. The molecule has 1 atom stereocenters. The van der Waals surface area contributed by atoms with Crippen LogP contribution in [0, 0.1) is 0 Å². The quantitative estimate of drug-likeness (QED) is 0.622. The Morgan fingerprint density at radius 2 is 1.92 bits per heavy atom. The van der Waals surface area contributed by atoms with Gasteiger partial charge in [0.05, 0.1) is 11.7 Å². The van der Waals surface area contributed by atoms with Gasteiger partial charge in [-0.15, -0.1) is 0 Å². The number of rotatable bonds is 7. The molecular weight excluding hydrogens is 164 g/mol. The zero-order chi connectivity index (χ0) is 10.3. The second-order valence-corrected chi connectivity index (χ2v) is 4.27. The van der Waals surface area contributed by atoms with Gasteiger partial charge in [0.25, 0.3) is 0 Å². The Labute approximate surface area is 82.3 Å². The third-order valence-corrected chi connectivity index (χ3v) is 2.59. The first-order valence-corrected chi connectivity index (χ1v) is 5.25. The third-order valence-electron chi connectivity index (χ3n) is 2.59. The fraction of sp³-hybridized carbons (Fsp3) is 1.00. The van der Waals surface area contributed by atoms with Crippen molar-refractivity contribution in [3.63, 3.8) is 0 Å². The van der Waals surface area contributed by atoms with Gasteiger partial charge in [-0.2, -0.15) is 0 Å². The highest BCUT2D eigenvalue weighted by atomic mass is 16.5. The highest BCUT2D eigenvalue weighted by molar-refractivity contribution is 4.67. The van der Waals surface area contributed by atoms with E-state index in [1.807, 2.05) is 6.92 Å². The second-order valence-electron chi connectivity index (χ2n) is 4.27. The van der Waals surface area contributed by atoms with E-state index in [-0.39, 0.29) is 11.7 Å². The molecule has 2 heteroatoms. The number of ether oxygens (including phenoxy) is 1. The molecule has 0 saturated carbocycles. The SMILES string of the molecule is CCC(O)CCCCC(C)(C)OC. The Kier molecular flexibility index (Phi) is 6.35. The summed E-state index contributed by atoms with van der Waals surface area (Å²) < 4.78 is 5.31. The summed E-state index contributed by atoms with van der Waals surface area (Å²) in [6, 6.07) is 0. The molecule has 0 aliphatic heterocycles. The van der Waals surface area contributed by atoms with Crippen LogP contribution in [-0.2, 0) is 4.74 Å². The van der Waals surface area contributed by atoms with Crippen LogP contribution in [0.5, 0.6) is 0 Å². The highest BCUT2D eigenvalue weighted by Crippen LogP contribution is 2.18.